The number of hydrogen-bond acceptors (Lipinski definition) is 5. The Kier molecular flexibility index (Phi) is 5.97. The van der Waals surface area contributed by atoms with Crippen molar-refractivity contribution in [2.24, 2.45) is 0 Å². The largest absolute Gasteiger partial charge is 0.507 e. The summed E-state index contributed by atoms with van der Waals surface area (Å²) in [5.74, 6) is -0.226. The van der Waals surface area contributed by atoms with E-state index in [0.29, 0.717) is 11.3 Å². The molecule has 28 heavy (non-hydrogen) atoms. The van der Waals surface area contributed by atoms with Crippen LogP contribution in [0.5, 0.6) is 17.2 Å². The number of hydrogen-bond donors (Lipinski definition) is 2. The van der Waals surface area contributed by atoms with Gasteiger partial charge in [0.1, 0.15) is 35.2 Å². The minimum absolute atomic E-state index is 0.00660. The average molecular weight is 376 g/mol. The van der Waals surface area contributed by atoms with Gasteiger partial charge >= 0.3 is 0 Å². The third-order valence-electron chi connectivity index (χ3n) is 4.12. The predicted octanol–water partition coefficient (Wildman–Crippen LogP) is 4.76. The molecule has 0 fully saturated rings. The zero-order valence-corrected chi connectivity index (χ0v) is 15.3. The van der Waals surface area contributed by atoms with Crippen molar-refractivity contribution in [2.75, 3.05) is 7.11 Å². The Labute approximate surface area is 163 Å². The molecule has 0 aliphatic rings. The summed E-state index contributed by atoms with van der Waals surface area (Å²) in [7, 11) is 1.52. The second-order valence-corrected chi connectivity index (χ2v) is 6.05. The standard InChI is InChI=1S/C23H20O5/c1-27-18-10-5-9-17(13-18)20(25)14-21(26)23-19(24)11-6-12-22(23)28-15-16-7-3-2-4-8-16/h2-14,24-25H,15H2,1H3/b20-14-. The van der Waals surface area contributed by atoms with Crippen LogP contribution < -0.4 is 9.47 Å². The Morgan fingerprint density at radius 1 is 1.00 bits per heavy atom. The van der Waals surface area contributed by atoms with Crippen molar-refractivity contribution in [3.05, 3.63) is 95.6 Å². The highest BCUT2D eigenvalue weighted by Gasteiger charge is 2.17. The average Bonchev–Trinajstić information content (AvgIpc) is 2.72. The van der Waals surface area contributed by atoms with Gasteiger partial charge in [-0.1, -0.05) is 48.5 Å². The van der Waals surface area contributed by atoms with Crippen LogP contribution in [-0.2, 0) is 6.61 Å². The Morgan fingerprint density at radius 3 is 2.50 bits per heavy atom. The van der Waals surface area contributed by atoms with Crippen molar-refractivity contribution < 1.29 is 24.5 Å². The van der Waals surface area contributed by atoms with Crippen LogP contribution in [0.1, 0.15) is 21.5 Å². The lowest BCUT2D eigenvalue weighted by atomic mass is 10.1. The van der Waals surface area contributed by atoms with Crippen molar-refractivity contribution >= 4 is 11.5 Å². The normalized spacial score (nSPS) is 11.1. The molecular weight excluding hydrogens is 356 g/mol. The Hall–Kier alpha value is -3.73. The van der Waals surface area contributed by atoms with E-state index in [2.05, 4.69) is 0 Å². The number of ketones is 1. The molecule has 0 heterocycles. The van der Waals surface area contributed by atoms with E-state index in [0.717, 1.165) is 11.6 Å². The van der Waals surface area contributed by atoms with Crippen LogP contribution >= 0.6 is 0 Å². The second-order valence-electron chi connectivity index (χ2n) is 6.05. The van der Waals surface area contributed by atoms with Gasteiger partial charge in [0.15, 0.2) is 5.78 Å². The van der Waals surface area contributed by atoms with Crippen LogP contribution in [0.3, 0.4) is 0 Å². The first kappa shape index (κ1) is 19.0. The number of aliphatic hydroxyl groups is 1. The Morgan fingerprint density at radius 2 is 1.75 bits per heavy atom. The molecule has 0 amide bonds. The summed E-state index contributed by atoms with van der Waals surface area (Å²) in [4.78, 5) is 12.7. The van der Waals surface area contributed by atoms with Crippen LogP contribution in [0.2, 0.25) is 0 Å². The summed E-state index contributed by atoms with van der Waals surface area (Å²) in [6, 6.07) is 20.8. The van der Waals surface area contributed by atoms with Gasteiger partial charge in [-0.25, -0.2) is 0 Å². The van der Waals surface area contributed by atoms with E-state index in [9.17, 15) is 15.0 Å². The molecule has 0 spiro atoms. The SMILES string of the molecule is COc1cccc(/C(O)=C/C(=O)c2c(O)cccc2OCc2ccccc2)c1. The van der Waals surface area contributed by atoms with Crippen LogP contribution in [0.4, 0.5) is 0 Å². The van der Waals surface area contributed by atoms with Crippen molar-refractivity contribution in [1.29, 1.82) is 0 Å². The second kappa shape index (κ2) is 8.77. The number of aromatic hydroxyl groups is 1. The molecule has 2 N–H and O–H groups in total. The topological polar surface area (TPSA) is 76.0 Å². The van der Waals surface area contributed by atoms with Gasteiger partial charge in [0.05, 0.1) is 7.11 Å². The number of rotatable bonds is 7. The van der Waals surface area contributed by atoms with Crippen LogP contribution in [-0.4, -0.2) is 23.1 Å². The monoisotopic (exact) mass is 376 g/mol. The third-order valence-corrected chi connectivity index (χ3v) is 4.12. The number of allylic oxidation sites excluding steroid dienone is 1. The minimum atomic E-state index is -0.568. The first-order valence-corrected chi connectivity index (χ1v) is 8.66. The van der Waals surface area contributed by atoms with E-state index in [1.54, 1.807) is 36.4 Å². The van der Waals surface area contributed by atoms with Crippen molar-refractivity contribution in [2.45, 2.75) is 6.61 Å². The Bertz CT molecular complexity index is 993. The van der Waals surface area contributed by atoms with Gasteiger partial charge in [-0.05, 0) is 29.8 Å². The van der Waals surface area contributed by atoms with Gasteiger partial charge in [-0.2, -0.15) is 0 Å². The highest BCUT2D eigenvalue weighted by molar-refractivity contribution is 6.11. The number of benzene rings is 3. The Balaban J connectivity index is 1.86. The van der Waals surface area contributed by atoms with Crippen LogP contribution in [0.25, 0.3) is 5.76 Å². The molecule has 3 rings (SSSR count). The van der Waals surface area contributed by atoms with Gasteiger partial charge in [0.2, 0.25) is 0 Å². The maximum absolute atomic E-state index is 12.7. The molecule has 5 nitrogen and oxygen atoms in total. The number of aliphatic hydroxyl groups excluding tert-OH is 1. The molecule has 0 aliphatic carbocycles. The van der Waals surface area contributed by atoms with Crippen LogP contribution in [0.15, 0.2) is 78.9 Å². The molecule has 0 saturated heterocycles. The predicted molar refractivity (Wildman–Crippen MR) is 107 cm³/mol. The van der Waals surface area contributed by atoms with Gasteiger partial charge in [-0.3, -0.25) is 4.79 Å². The van der Waals surface area contributed by atoms with E-state index in [1.165, 1.54) is 13.2 Å². The quantitative estimate of drug-likeness (QED) is 0.353. The van der Waals surface area contributed by atoms with Crippen molar-refractivity contribution in [1.82, 2.24) is 0 Å². The molecule has 0 bridgehead atoms. The van der Waals surface area contributed by atoms with E-state index in [4.69, 9.17) is 9.47 Å². The summed E-state index contributed by atoms with van der Waals surface area (Å²) in [6.07, 6.45) is 1.05. The third kappa shape index (κ3) is 4.51. The first-order valence-electron chi connectivity index (χ1n) is 8.66. The molecule has 0 aliphatic heterocycles. The van der Waals surface area contributed by atoms with Gasteiger partial charge < -0.3 is 19.7 Å². The molecule has 3 aromatic carbocycles. The molecule has 3 aromatic rings. The smallest absolute Gasteiger partial charge is 0.197 e. The number of carbonyl (C=O) groups excluding carboxylic acids is 1. The van der Waals surface area contributed by atoms with Crippen molar-refractivity contribution in [3.8, 4) is 17.2 Å². The van der Waals surface area contributed by atoms with Crippen molar-refractivity contribution in [3.63, 3.8) is 0 Å². The molecule has 0 saturated carbocycles. The molecule has 0 radical (unpaired) electrons. The summed E-state index contributed by atoms with van der Waals surface area (Å²) in [5, 5.41) is 20.5. The van der Waals surface area contributed by atoms with Gasteiger partial charge in [0.25, 0.3) is 0 Å². The summed E-state index contributed by atoms with van der Waals surface area (Å²) in [6.45, 7) is 0.246. The molecule has 0 aromatic heterocycles. The zero-order valence-electron chi connectivity index (χ0n) is 15.3. The highest BCUT2D eigenvalue weighted by atomic mass is 16.5. The van der Waals surface area contributed by atoms with E-state index >= 15 is 0 Å². The number of methoxy groups -OCH3 is 1. The van der Waals surface area contributed by atoms with E-state index < -0.39 is 5.78 Å². The fourth-order valence-electron chi connectivity index (χ4n) is 2.68. The fourth-order valence-corrected chi connectivity index (χ4v) is 2.68. The van der Waals surface area contributed by atoms with Gasteiger partial charge in [-0.15, -0.1) is 0 Å². The molecule has 0 unspecified atom stereocenters. The lowest BCUT2D eigenvalue weighted by Gasteiger charge is -2.11. The highest BCUT2D eigenvalue weighted by Crippen LogP contribution is 2.30. The lowest BCUT2D eigenvalue weighted by molar-refractivity contribution is 0.103. The lowest BCUT2D eigenvalue weighted by Crippen LogP contribution is -2.04. The number of carbonyl (C=O) groups is 1. The van der Waals surface area contributed by atoms with Crippen LogP contribution in [0, 0.1) is 0 Å². The summed E-state index contributed by atoms with van der Waals surface area (Å²) < 4.78 is 10.9. The fraction of sp³-hybridized carbons (Fsp3) is 0.0870. The molecule has 5 heteroatoms. The maximum Gasteiger partial charge on any atom is 0.197 e. The maximum atomic E-state index is 12.7. The molecule has 0 atom stereocenters. The summed E-state index contributed by atoms with van der Waals surface area (Å²) >= 11 is 0. The van der Waals surface area contributed by atoms with Gasteiger partial charge in [0, 0.05) is 11.6 Å². The number of phenols is 1. The molecule has 142 valence electrons. The van der Waals surface area contributed by atoms with E-state index in [-0.39, 0.29) is 29.4 Å². The summed E-state index contributed by atoms with van der Waals surface area (Å²) in [5.41, 5.74) is 1.35. The zero-order chi connectivity index (χ0) is 19.9. The minimum Gasteiger partial charge on any atom is -0.507 e. The van der Waals surface area contributed by atoms with E-state index in [1.807, 2.05) is 30.3 Å². The molecular formula is C23H20O5. The number of ether oxygens (including phenoxy) is 2. The number of phenolic OH excluding ortho intramolecular Hbond substituents is 1. The first-order chi connectivity index (χ1) is 13.6.